The fourth-order valence-electron chi connectivity index (χ4n) is 1.53. The molecule has 0 spiro atoms. The lowest BCUT2D eigenvalue weighted by Crippen LogP contribution is -2.19. The molecule has 1 aromatic carbocycles. The van der Waals surface area contributed by atoms with Crippen molar-refractivity contribution in [1.82, 2.24) is 0 Å². The summed E-state index contributed by atoms with van der Waals surface area (Å²) in [6.45, 7) is 1.20. The third-order valence-electron chi connectivity index (χ3n) is 2.40. The van der Waals surface area contributed by atoms with Crippen LogP contribution in [-0.4, -0.2) is 32.4 Å². The predicted molar refractivity (Wildman–Crippen MR) is 62.6 cm³/mol. The highest BCUT2D eigenvalue weighted by Crippen LogP contribution is 2.26. The summed E-state index contributed by atoms with van der Waals surface area (Å²) in [6, 6.07) is 7.96. The number of nitrogens with zero attached hydrogens (tertiary/aromatic N) is 1. The van der Waals surface area contributed by atoms with Gasteiger partial charge in [0.2, 0.25) is 0 Å². The highest BCUT2D eigenvalue weighted by molar-refractivity contribution is 5.57. The molecular formula is C12H19NO2. The van der Waals surface area contributed by atoms with Gasteiger partial charge in [0.1, 0.15) is 5.75 Å². The highest BCUT2D eigenvalue weighted by Gasteiger charge is 2.05. The van der Waals surface area contributed by atoms with Gasteiger partial charge in [-0.2, -0.15) is 0 Å². The lowest BCUT2D eigenvalue weighted by molar-refractivity contribution is 0.285. The molecule has 0 saturated carbocycles. The summed E-state index contributed by atoms with van der Waals surface area (Å²) in [4.78, 5) is 2.15. The number of aliphatic hydroxyl groups excluding tert-OH is 1. The molecule has 0 aromatic heterocycles. The van der Waals surface area contributed by atoms with Crippen molar-refractivity contribution in [3.63, 3.8) is 0 Å². The number of benzene rings is 1. The van der Waals surface area contributed by atoms with Gasteiger partial charge in [-0.25, -0.2) is 0 Å². The van der Waals surface area contributed by atoms with E-state index in [-0.39, 0.29) is 6.61 Å². The number of ether oxygens (including phenoxy) is 1. The van der Waals surface area contributed by atoms with Gasteiger partial charge in [0.05, 0.1) is 12.8 Å². The first-order valence-electron chi connectivity index (χ1n) is 5.24. The molecule has 0 bridgehead atoms. The van der Waals surface area contributed by atoms with Crippen molar-refractivity contribution in [3.05, 3.63) is 24.3 Å². The maximum atomic E-state index is 8.71. The second kappa shape index (κ2) is 6.30. The van der Waals surface area contributed by atoms with Crippen LogP contribution in [0.1, 0.15) is 12.8 Å². The van der Waals surface area contributed by atoms with E-state index >= 15 is 0 Å². The highest BCUT2D eigenvalue weighted by atomic mass is 16.5. The van der Waals surface area contributed by atoms with Crippen molar-refractivity contribution < 1.29 is 9.84 Å². The number of hydrogen-bond donors (Lipinski definition) is 1. The first kappa shape index (κ1) is 11.9. The molecule has 0 heterocycles. The van der Waals surface area contributed by atoms with Gasteiger partial charge in [-0.05, 0) is 25.0 Å². The Labute approximate surface area is 91.3 Å². The number of unbranched alkanes of at least 4 members (excludes halogenated alkanes) is 1. The predicted octanol–water partition coefficient (Wildman–Crippen LogP) is 1.90. The van der Waals surface area contributed by atoms with Crippen LogP contribution in [0.25, 0.3) is 0 Å². The number of methoxy groups -OCH3 is 1. The minimum absolute atomic E-state index is 0.264. The van der Waals surface area contributed by atoms with Gasteiger partial charge in [0.25, 0.3) is 0 Å². The van der Waals surface area contributed by atoms with Crippen molar-refractivity contribution in [1.29, 1.82) is 0 Å². The third-order valence-corrected chi connectivity index (χ3v) is 2.40. The Bertz CT molecular complexity index is 289. The van der Waals surface area contributed by atoms with Crippen molar-refractivity contribution in [3.8, 4) is 5.75 Å². The Morgan fingerprint density at radius 2 is 2.00 bits per heavy atom. The Balaban J connectivity index is 2.59. The van der Waals surface area contributed by atoms with Gasteiger partial charge < -0.3 is 14.7 Å². The lowest BCUT2D eigenvalue weighted by Gasteiger charge is -2.21. The van der Waals surface area contributed by atoms with Crippen LogP contribution in [-0.2, 0) is 0 Å². The van der Waals surface area contributed by atoms with E-state index in [1.54, 1.807) is 7.11 Å². The molecule has 0 amide bonds. The fraction of sp³-hybridized carbons (Fsp3) is 0.500. The smallest absolute Gasteiger partial charge is 0.142 e. The molecule has 0 radical (unpaired) electrons. The lowest BCUT2D eigenvalue weighted by atomic mass is 10.2. The summed E-state index contributed by atoms with van der Waals surface area (Å²) in [7, 11) is 3.72. The van der Waals surface area contributed by atoms with E-state index in [0.29, 0.717) is 0 Å². The molecule has 3 nitrogen and oxygen atoms in total. The van der Waals surface area contributed by atoms with Crippen LogP contribution in [0, 0.1) is 0 Å². The zero-order valence-corrected chi connectivity index (χ0v) is 9.44. The van der Waals surface area contributed by atoms with Gasteiger partial charge >= 0.3 is 0 Å². The third kappa shape index (κ3) is 3.44. The normalized spacial score (nSPS) is 10.1. The molecule has 15 heavy (non-hydrogen) atoms. The average molecular weight is 209 g/mol. The maximum absolute atomic E-state index is 8.71. The monoisotopic (exact) mass is 209 g/mol. The average Bonchev–Trinajstić information content (AvgIpc) is 2.29. The molecule has 0 aliphatic heterocycles. The molecule has 0 aliphatic rings. The van der Waals surface area contributed by atoms with E-state index in [4.69, 9.17) is 9.84 Å². The molecule has 1 rings (SSSR count). The molecule has 0 unspecified atom stereocenters. The standard InChI is InChI=1S/C12H19NO2/c1-13(9-5-6-10-14)11-7-3-4-8-12(11)15-2/h3-4,7-8,14H,5-6,9-10H2,1-2H3. The van der Waals surface area contributed by atoms with E-state index in [0.717, 1.165) is 30.8 Å². The summed E-state index contributed by atoms with van der Waals surface area (Å²) in [5.41, 5.74) is 1.10. The number of para-hydroxylation sites is 2. The maximum Gasteiger partial charge on any atom is 0.142 e. The summed E-state index contributed by atoms with van der Waals surface area (Å²) in [5.74, 6) is 0.893. The van der Waals surface area contributed by atoms with Crippen LogP contribution >= 0.6 is 0 Å². The summed E-state index contributed by atoms with van der Waals surface area (Å²) in [6.07, 6.45) is 1.84. The minimum Gasteiger partial charge on any atom is -0.495 e. The van der Waals surface area contributed by atoms with Gasteiger partial charge in [0, 0.05) is 20.2 Å². The fourth-order valence-corrected chi connectivity index (χ4v) is 1.53. The molecule has 0 aliphatic carbocycles. The SMILES string of the molecule is COc1ccccc1N(C)CCCCO. The molecule has 84 valence electrons. The number of anilines is 1. The van der Waals surface area contributed by atoms with Gasteiger partial charge in [-0.1, -0.05) is 12.1 Å². The van der Waals surface area contributed by atoms with Crippen LogP contribution in [0.3, 0.4) is 0 Å². The second-order valence-corrected chi connectivity index (χ2v) is 3.52. The van der Waals surface area contributed by atoms with Crippen LogP contribution in [0.4, 0.5) is 5.69 Å². The van der Waals surface area contributed by atoms with E-state index < -0.39 is 0 Å². The molecule has 0 saturated heterocycles. The van der Waals surface area contributed by atoms with Gasteiger partial charge in [0.15, 0.2) is 0 Å². The summed E-state index contributed by atoms with van der Waals surface area (Å²) >= 11 is 0. The first-order chi connectivity index (χ1) is 7.29. The topological polar surface area (TPSA) is 32.7 Å². The molecule has 1 aromatic rings. The number of hydrogen-bond acceptors (Lipinski definition) is 3. The largest absolute Gasteiger partial charge is 0.495 e. The molecule has 3 heteroatoms. The van der Waals surface area contributed by atoms with Gasteiger partial charge in [-0.3, -0.25) is 0 Å². The van der Waals surface area contributed by atoms with E-state index in [2.05, 4.69) is 4.90 Å². The molecule has 1 N–H and O–H groups in total. The van der Waals surface area contributed by atoms with E-state index in [1.165, 1.54) is 0 Å². The van der Waals surface area contributed by atoms with Crippen molar-refractivity contribution >= 4 is 5.69 Å². The van der Waals surface area contributed by atoms with E-state index in [1.807, 2.05) is 31.3 Å². The van der Waals surface area contributed by atoms with Crippen LogP contribution in [0.15, 0.2) is 24.3 Å². The Morgan fingerprint density at radius 1 is 1.27 bits per heavy atom. The van der Waals surface area contributed by atoms with Crippen molar-refractivity contribution in [2.24, 2.45) is 0 Å². The Hall–Kier alpha value is -1.22. The van der Waals surface area contributed by atoms with Crippen molar-refractivity contribution in [2.75, 3.05) is 32.2 Å². The van der Waals surface area contributed by atoms with Crippen LogP contribution in [0.2, 0.25) is 0 Å². The zero-order valence-electron chi connectivity index (χ0n) is 9.44. The molecular weight excluding hydrogens is 190 g/mol. The van der Waals surface area contributed by atoms with Gasteiger partial charge in [-0.15, -0.1) is 0 Å². The number of rotatable bonds is 6. The molecule has 0 atom stereocenters. The summed E-state index contributed by atoms with van der Waals surface area (Å²) < 4.78 is 5.28. The quantitative estimate of drug-likeness (QED) is 0.726. The Kier molecular flexibility index (Phi) is 4.98. The summed E-state index contributed by atoms with van der Waals surface area (Å²) in [5, 5.41) is 8.71. The van der Waals surface area contributed by atoms with Crippen LogP contribution in [0.5, 0.6) is 5.75 Å². The molecule has 0 fully saturated rings. The minimum atomic E-state index is 0.264. The van der Waals surface area contributed by atoms with E-state index in [9.17, 15) is 0 Å². The second-order valence-electron chi connectivity index (χ2n) is 3.52. The zero-order chi connectivity index (χ0) is 11.1. The first-order valence-corrected chi connectivity index (χ1v) is 5.24. The Morgan fingerprint density at radius 3 is 2.67 bits per heavy atom. The van der Waals surface area contributed by atoms with Crippen LogP contribution < -0.4 is 9.64 Å². The number of aliphatic hydroxyl groups is 1. The van der Waals surface area contributed by atoms with Crippen molar-refractivity contribution in [2.45, 2.75) is 12.8 Å².